The Bertz CT molecular complexity index is 926. The van der Waals surface area contributed by atoms with Crippen LogP contribution in [0.3, 0.4) is 0 Å². The Morgan fingerprint density at radius 3 is 2.46 bits per heavy atom. The lowest BCUT2D eigenvalue weighted by Crippen LogP contribution is -2.34. The van der Waals surface area contributed by atoms with Crippen LogP contribution < -0.4 is 5.32 Å². The second-order valence-electron chi connectivity index (χ2n) is 5.65. The van der Waals surface area contributed by atoms with Crippen LogP contribution in [-0.4, -0.2) is 21.2 Å². The number of Topliss-reactive ketones (excluding diaryl/α,β-unsaturated/α-hetero) is 1. The van der Waals surface area contributed by atoms with Crippen LogP contribution in [0.5, 0.6) is 0 Å². The van der Waals surface area contributed by atoms with Crippen LogP contribution in [0.25, 0.3) is 5.69 Å². The van der Waals surface area contributed by atoms with E-state index in [4.69, 9.17) is 0 Å². The molecule has 6 heteroatoms. The van der Waals surface area contributed by atoms with Gasteiger partial charge in [0, 0.05) is 30.2 Å². The SMILES string of the molecule is N#CC(C(=O)NCc1ccccc1)C(=O)c1ccc(-n2ccnc2)cc1. The zero-order valence-corrected chi connectivity index (χ0v) is 13.9. The lowest BCUT2D eigenvalue weighted by molar-refractivity contribution is -0.122. The summed E-state index contributed by atoms with van der Waals surface area (Å²) in [6.45, 7) is 0.269. The van der Waals surface area contributed by atoms with Crippen LogP contribution in [0.4, 0.5) is 0 Å². The molecule has 0 radical (unpaired) electrons. The summed E-state index contributed by atoms with van der Waals surface area (Å²) in [7, 11) is 0. The van der Waals surface area contributed by atoms with Crippen molar-refractivity contribution in [3.63, 3.8) is 0 Å². The normalized spacial score (nSPS) is 11.3. The Hall–Kier alpha value is -3.72. The van der Waals surface area contributed by atoms with Crippen molar-refractivity contribution in [3.8, 4) is 11.8 Å². The summed E-state index contributed by atoms with van der Waals surface area (Å²) in [5.41, 5.74) is 2.05. The van der Waals surface area contributed by atoms with Crippen molar-refractivity contribution in [2.75, 3.05) is 0 Å². The highest BCUT2D eigenvalue weighted by Crippen LogP contribution is 2.14. The van der Waals surface area contributed by atoms with Gasteiger partial charge in [0.1, 0.15) is 0 Å². The quantitative estimate of drug-likeness (QED) is 0.550. The van der Waals surface area contributed by atoms with Crippen LogP contribution in [0, 0.1) is 17.2 Å². The van der Waals surface area contributed by atoms with Crippen molar-refractivity contribution < 1.29 is 9.59 Å². The van der Waals surface area contributed by atoms with Gasteiger partial charge in [-0.2, -0.15) is 5.26 Å². The van der Waals surface area contributed by atoms with Crippen molar-refractivity contribution in [1.82, 2.24) is 14.9 Å². The first-order valence-corrected chi connectivity index (χ1v) is 8.03. The summed E-state index contributed by atoms with van der Waals surface area (Å²) in [5.74, 6) is -2.49. The third-order valence-electron chi connectivity index (χ3n) is 3.92. The zero-order valence-electron chi connectivity index (χ0n) is 13.9. The number of carbonyl (C=O) groups excluding carboxylic acids is 2. The Balaban J connectivity index is 1.68. The maximum absolute atomic E-state index is 12.5. The van der Waals surface area contributed by atoms with Gasteiger partial charge in [-0.15, -0.1) is 0 Å². The van der Waals surface area contributed by atoms with Gasteiger partial charge in [-0.1, -0.05) is 30.3 Å². The van der Waals surface area contributed by atoms with E-state index < -0.39 is 17.6 Å². The molecule has 6 nitrogen and oxygen atoms in total. The molecule has 1 N–H and O–H groups in total. The number of nitriles is 1. The number of nitrogens with zero attached hydrogens (tertiary/aromatic N) is 3. The molecule has 3 aromatic rings. The highest BCUT2D eigenvalue weighted by Gasteiger charge is 2.27. The summed E-state index contributed by atoms with van der Waals surface area (Å²) in [4.78, 5) is 28.7. The number of nitrogens with one attached hydrogen (secondary N) is 1. The van der Waals surface area contributed by atoms with Crippen LogP contribution in [0.2, 0.25) is 0 Å². The summed E-state index contributed by atoms with van der Waals surface area (Å²) >= 11 is 0. The molecule has 1 unspecified atom stereocenters. The van der Waals surface area contributed by atoms with E-state index in [1.807, 2.05) is 30.3 Å². The third-order valence-corrected chi connectivity index (χ3v) is 3.92. The lowest BCUT2D eigenvalue weighted by atomic mass is 9.97. The fourth-order valence-corrected chi connectivity index (χ4v) is 2.50. The molecule has 0 spiro atoms. The fraction of sp³-hybridized carbons (Fsp3) is 0.100. The second kappa shape index (κ2) is 7.90. The van der Waals surface area contributed by atoms with Gasteiger partial charge in [0.25, 0.3) is 0 Å². The zero-order chi connectivity index (χ0) is 18.4. The maximum atomic E-state index is 12.5. The van der Waals surface area contributed by atoms with Gasteiger partial charge in [-0.05, 0) is 29.8 Å². The smallest absolute Gasteiger partial charge is 0.245 e. The Morgan fingerprint density at radius 2 is 1.85 bits per heavy atom. The molecule has 0 aliphatic rings. The van der Waals surface area contributed by atoms with Gasteiger partial charge in [-0.3, -0.25) is 9.59 Å². The average molecular weight is 344 g/mol. The topological polar surface area (TPSA) is 87.8 Å². The van der Waals surface area contributed by atoms with E-state index in [0.29, 0.717) is 5.56 Å². The molecule has 0 aliphatic carbocycles. The molecule has 3 rings (SSSR count). The van der Waals surface area contributed by atoms with Gasteiger partial charge in [0.05, 0.1) is 12.4 Å². The van der Waals surface area contributed by atoms with Crippen LogP contribution in [-0.2, 0) is 11.3 Å². The highest BCUT2D eigenvalue weighted by atomic mass is 16.2. The van der Waals surface area contributed by atoms with Crippen molar-refractivity contribution in [3.05, 3.63) is 84.4 Å². The van der Waals surface area contributed by atoms with E-state index in [9.17, 15) is 14.9 Å². The molecule has 1 aromatic heterocycles. The Morgan fingerprint density at radius 1 is 1.12 bits per heavy atom. The summed E-state index contributed by atoms with van der Waals surface area (Å²) in [6, 6.07) is 17.8. The van der Waals surface area contributed by atoms with E-state index in [1.54, 1.807) is 53.6 Å². The van der Waals surface area contributed by atoms with Crippen molar-refractivity contribution >= 4 is 11.7 Å². The average Bonchev–Trinajstić information content (AvgIpc) is 3.22. The number of aromatic nitrogens is 2. The Labute approximate surface area is 150 Å². The number of amides is 1. The Kier molecular flexibility index (Phi) is 5.20. The number of rotatable bonds is 6. The minimum atomic E-state index is -1.38. The van der Waals surface area contributed by atoms with E-state index in [2.05, 4.69) is 10.3 Å². The van der Waals surface area contributed by atoms with Gasteiger partial charge in [0.15, 0.2) is 11.7 Å². The molecule has 0 fully saturated rings. The fourth-order valence-electron chi connectivity index (χ4n) is 2.50. The molecule has 0 saturated carbocycles. The van der Waals surface area contributed by atoms with Gasteiger partial charge in [0.2, 0.25) is 5.91 Å². The number of carbonyl (C=O) groups is 2. The molecule has 0 saturated heterocycles. The van der Waals surface area contributed by atoms with E-state index in [1.165, 1.54) is 0 Å². The van der Waals surface area contributed by atoms with E-state index in [0.717, 1.165) is 11.3 Å². The summed E-state index contributed by atoms with van der Waals surface area (Å²) in [5, 5.41) is 11.9. The summed E-state index contributed by atoms with van der Waals surface area (Å²) < 4.78 is 1.79. The first-order valence-electron chi connectivity index (χ1n) is 8.03. The first-order chi connectivity index (χ1) is 12.7. The van der Waals surface area contributed by atoms with E-state index in [-0.39, 0.29) is 6.54 Å². The molecule has 1 heterocycles. The third kappa shape index (κ3) is 3.84. The molecule has 128 valence electrons. The van der Waals surface area contributed by atoms with Crippen molar-refractivity contribution in [2.45, 2.75) is 6.54 Å². The lowest BCUT2D eigenvalue weighted by Gasteiger charge is -2.10. The van der Waals surface area contributed by atoms with Crippen molar-refractivity contribution in [1.29, 1.82) is 5.26 Å². The molecule has 0 bridgehead atoms. The number of hydrogen-bond acceptors (Lipinski definition) is 4. The molecular formula is C20H16N4O2. The van der Waals surface area contributed by atoms with Crippen molar-refractivity contribution in [2.24, 2.45) is 5.92 Å². The van der Waals surface area contributed by atoms with Crippen LogP contribution >= 0.6 is 0 Å². The predicted octanol–water partition coefficient (Wildman–Crippen LogP) is 2.51. The van der Waals surface area contributed by atoms with Gasteiger partial charge in [-0.25, -0.2) is 4.98 Å². The molecule has 1 atom stereocenters. The number of ketones is 1. The molecule has 0 aliphatic heterocycles. The second-order valence-corrected chi connectivity index (χ2v) is 5.65. The predicted molar refractivity (Wildman–Crippen MR) is 95.3 cm³/mol. The highest BCUT2D eigenvalue weighted by molar-refractivity contribution is 6.12. The monoisotopic (exact) mass is 344 g/mol. The standard InChI is InChI=1S/C20H16N4O2/c21-12-18(20(26)23-13-15-4-2-1-3-5-15)19(25)16-6-8-17(9-7-16)24-11-10-22-14-24/h1-11,14,18H,13H2,(H,23,26). The van der Waals surface area contributed by atoms with Crippen LogP contribution in [0.15, 0.2) is 73.3 Å². The first kappa shape index (κ1) is 17.1. The van der Waals surface area contributed by atoms with E-state index >= 15 is 0 Å². The van der Waals surface area contributed by atoms with Gasteiger partial charge >= 0.3 is 0 Å². The maximum Gasteiger partial charge on any atom is 0.245 e. The number of imidazole rings is 1. The number of hydrogen-bond donors (Lipinski definition) is 1. The largest absolute Gasteiger partial charge is 0.350 e. The molecule has 26 heavy (non-hydrogen) atoms. The molecule has 2 aromatic carbocycles. The molecular weight excluding hydrogens is 328 g/mol. The van der Waals surface area contributed by atoms with Gasteiger partial charge < -0.3 is 9.88 Å². The summed E-state index contributed by atoms with van der Waals surface area (Å²) in [6.07, 6.45) is 5.08. The minimum Gasteiger partial charge on any atom is -0.350 e. The number of benzene rings is 2. The van der Waals surface area contributed by atoms with Crippen LogP contribution in [0.1, 0.15) is 15.9 Å². The molecule has 1 amide bonds. The minimum absolute atomic E-state index is 0.269.